The second-order valence-corrected chi connectivity index (χ2v) is 11.2. The summed E-state index contributed by atoms with van der Waals surface area (Å²) in [6, 6.07) is 43.1. The number of nitrogens with zero attached hydrogens (tertiary/aromatic N) is 9. The van der Waals surface area contributed by atoms with E-state index in [0.717, 1.165) is 34.1 Å². The van der Waals surface area contributed by atoms with E-state index in [9.17, 15) is 0 Å². The predicted octanol–water partition coefficient (Wildman–Crippen LogP) is 5.14. The molecule has 0 amide bonds. The van der Waals surface area contributed by atoms with Crippen LogP contribution in [0.1, 0.15) is 16.7 Å². The van der Waals surface area contributed by atoms with Crippen molar-refractivity contribution in [3.05, 3.63) is 200 Å². The topological polar surface area (TPSA) is 60.0 Å². The van der Waals surface area contributed by atoms with Crippen molar-refractivity contribution < 1.29 is 14.0 Å². The highest BCUT2D eigenvalue weighted by molar-refractivity contribution is 5.42. The Morgan fingerprint density at radius 3 is 0.896 bits per heavy atom. The maximum Gasteiger partial charge on any atom is 0.200 e. The Bertz CT molecular complexity index is 1630. The lowest BCUT2D eigenvalue weighted by Gasteiger charge is -2.21. The molecule has 0 fully saturated rings. The predicted molar refractivity (Wildman–Crippen MR) is 184 cm³/mol. The zero-order chi connectivity index (χ0) is 32.4. The van der Waals surface area contributed by atoms with Crippen molar-refractivity contribution in [2.45, 2.75) is 19.6 Å². The molecule has 0 unspecified atom stereocenters. The highest BCUT2D eigenvalue weighted by atomic mass is 15.6. The summed E-state index contributed by atoms with van der Waals surface area (Å²) in [6.07, 6.45) is 17.8. The van der Waals surface area contributed by atoms with Gasteiger partial charge in [0.2, 0.25) is 0 Å². The van der Waals surface area contributed by atoms with Gasteiger partial charge in [-0.3, -0.25) is 0 Å². The summed E-state index contributed by atoms with van der Waals surface area (Å²) >= 11 is 0. The Morgan fingerprint density at radius 1 is 0.354 bits per heavy atom. The van der Waals surface area contributed by atoms with E-state index in [2.05, 4.69) is 47.3 Å². The summed E-state index contributed by atoms with van der Waals surface area (Å²) in [5.74, 6) is 2.56. The van der Waals surface area contributed by atoms with Gasteiger partial charge in [0, 0.05) is 55.0 Å². The molecule has 0 aliphatic carbocycles. The molecule has 234 valence electrons. The molecule has 0 aliphatic rings. The fourth-order valence-electron chi connectivity index (χ4n) is 5.65. The maximum atomic E-state index is 4.72. The first-order valence-corrected chi connectivity index (χ1v) is 15.9. The molecule has 0 radical (unpaired) electrons. The van der Waals surface area contributed by atoms with E-state index in [4.69, 9.17) is 15.0 Å². The van der Waals surface area contributed by atoms with Crippen LogP contribution >= 0.6 is 0 Å². The van der Waals surface area contributed by atoms with E-state index in [0.29, 0.717) is 19.6 Å². The lowest BCUT2D eigenvalue weighted by Crippen LogP contribution is -2.54. The number of rotatable bonds is 12. The highest BCUT2D eigenvalue weighted by Gasteiger charge is 2.23. The van der Waals surface area contributed by atoms with E-state index in [-0.39, 0.29) is 0 Å². The molecule has 0 saturated carbocycles. The summed E-state index contributed by atoms with van der Waals surface area (Å²) in [5, 5.41) is 6.52. The van der Waals surface area contributed by atoms with Crippen molar-refractivity contribution in [3.63, 3.8) is 0 Å². The van der Waals surface area contributed by atoms with Gasteiger partial charge >= 0.3 is 0 Å². The van der Waals surface area contributed by atoms with Crippen LogP contribution < -0.4 is 29.1 Å². The lowest BCUT2D eigenvalue weighted by molar-refractivity contribution is -0.686. The maximum absolute atomic E-state index is 4.72. The van der Waals surface area contributed by atoms with Crippen molar-refractivity contribution in [1.29, 1.82) is 0 Å². The number of hydrogen-bond donors (Lipinski definition) is 0. The molecule has 9 nitrogen and oxygen atoms in total. The summed E-state index contributed by atoms with van der Waals surface area (Å²) in [6.45, 7) is 1.78. The second kappa shape index (κ2) is 14.7. The van der Waals surface area contributed by atoms with E-state index in [1.807, 2.05) is 165 Å². The Labute approximate surface area is 280 Å². The highest BCUT2D eigenvalue weighted by Crippen LogP contribution is 2.21. The number of anilines is 3. The van der Waals surface area contributed by atoms with Crippen LogP contribution in [0.3, 0.4) is 0 Å². The van der Waals surface area contributed by atoms with Gasteiger partial charge in [0.15, 0.2) is 54.6 Å². The molecular weight excluding hydrogens is 594 g/mol. The molecule has 0 spiro atoms. The van der Waals surface area contributed by atoms with Gasteiger partial charge in [-0.05, 0) is 53.1 Å². The quantitative estimate of drug-likeness (QED) is 0.174. The van der Waals surface area contributed by atoms with Crippen LogP contribution in [0.15, 0.2) is 183 Å². The minimum atomic E-state index is 0.594. The average Bonchev–Trinajstić information content (AvgIpc) is 3.17. The fourth-order valence-corrected chi connectivity index (χ4v) is 5.65. The Hall–Kier alpha value is -6.48. The van der Waals surface area contributed by atoms with Gasteiger partial charge < -0.3 is 0 Å². The fraction of sp³-hybridized carbons (Fsp3) is 0.0769. The first-order valence-electron chi connectivity index (χ1n) is 15.9. The van der Waals surface area contributed by atoms with E-state index >= 15 is 0 Å². The van der Waals surface area contributed by atoms with Crippen LogP contribution in [0.25, 0.3) is 0 Å². The third-order valence-electron chi connectivity index (χ3n) is 7.79. The van der Waals surface area contributed by atoms with Gasteiger partial charge in [0.1, 0.15) is 19.6 Å². The molecule has 6 aromatic heterocycles. The molecule has 7 rings (SSSR count). The SMILES string of the molecule is c1cc[n+](N(Cc2cc(CN(c3ccccn3)[n+]3ccccc3)cc(CN(c3ccccn3)[n+]3ccccc3)c2)c2ccccn2)cc1. The second-order valence-electron chi connectivity index (χ2n) is 11.2. The van der Waals surface area contributed by atoms with Crippen LogP contribution in [-0.2, 0) is 19.6 Å². The molecule has 0 saturated heterocycles. The number of aromatic nitrogens is 6. The number of benzene rings is 1. The molecule has 9 heteroatoms. The Kier molecular flexibility index (Phi) is 9.27. The van der Waals surface area contributed by atoms with E-state index in [1.54, 1.807) is 0 Å². The first kappa shape index (κ1) is 30.2. The van der Waals surface area contributed by atoms with Gasteiger partial charge in [-0.25, -0.2) is 15.0 Å². The summed E-state index contributed by atoms with van der Waals surface area (Å²) in [4.78, 5) is 14.2. The largest absolute Gasteiger partial charge is 0.234 e. The van der Waals surface area contributed by atoms with Gasteiger partial charge in [-0.2, -0.15) is 0 Å². The Morgan fingerprint density at radius 2 is 0.646 bits per heavy atom. The molecule has 0 N–H and O–H groups in total. The summed E-state index contributed by atoms with van der Waals surface area (Å²) < 4.78 is 6.23. The first-order chi connectivity index (χ1) is 23.8. The van der Waals surface area contributed by atoms with Crippen LogP contribution in [0.4, 0.5) is 17.5 Å². The summed E-state index contributed by atoms with van der Waals surface area (Å²) in [5.41, 5.74) is 3.42. The Balaban J connectivity index is 1.32. The third-order valence-corrected chi connectivity index (χ3v) is 7.79. The molecule has 0 atom stereocenters. The third kappa shape index (κ3) is 7.32. The summed E-state index contributed by atoms with van der Waals surface area (Å²) in [7, 11) is 0. The normalized spacial score (nSPS) is 10.8. The van der Waals surface area contributed by atoms with Gasteiger partial charge in [0.25, 0.3) is 0 Å². The van der Waals surface area contributed by atoms with Crippen molar-refractivity contribution in [3.8, 4) is 0 Å². The van der Waals surface area contributed by atoms with Crippen molar-refractivity contribution in [2.75, 3.05) is 15.0 Å². The van der Waals surface area contributed by atoms with E-state index in [1.165, 1.54) is 0 Å². The van der Waals surface area contributed by atoms with Crippen molar-refractivity contribution >= 4 is 17.5 Å². The standard InChI is InChI=1S/C39H36N9/c1-10-22-43(23-11-1)46(37-16-4-7-19-40-37)31-34-28-35(32-47(38-17-5-8-20-41-38)44-24-12-2-13-25-44)30-36(29-34)33-48(39-18-6-9-21-42-39)45-26-14-3-15-27-45/h1-30H,31-33H2/q+3. The smallest absolute Gasteiger partial charge is 0.200 e. The van der Waals surface area contributed by atoms with Gasteiger partial charge in [-0.1, -0.05) is 68.6 Å². The zero-order valence-corrected chi connectivity index (χ0v) is 26.5. The van der Waals surface area contributed by atoms with E-state index < -0.39 is 0 Å². The zero-order valence-electron chi connectivity index (χ0n) is 26.5. The molecule has 7 aromatic rings. The molecule has 48 heavy (non-hydrogen) atoms. The van der Waals surface area contributed by atoms with Crippen molar-refractivity contribution in [1.82, 2.24) is 15.0 Å². The van der Waals surface area contributed by atoms with Gasteiger partial charge in [-0.15, -0.1) is 15.0 Å². The van der Waals surface area contributed by atoms with Crippen LogP contribution in [0.2, 0.25) is 0 Å². The molecular formula is C39H36N9+3. The van der Waals surface area contributed by atoms with Crippen LogP contribution in [0, 0.1) is 0 Å². The lowest BCUT2D eigenvalue weighted by atomic mass is 10.0. The molecule has 6 heterocycles. The molecule has 1 aromatic carbocycles. The minimum Gasteiger partial charge on any atom is -0.234 e. The van der Waals surface area contributed by atoms with Crippen molar-refractivity contribution in [2.24, 2.45) is 0 Å². The van der Waals surface area contributed by atoms with Crippen LogP contribution in [0.5, 0.6) is 0 Å². The number of pyridine rings is 6. The van der Waals surface area contributed by atoms with Crippen LogP contribution in [-0.4, -0.2) is 15.0 Å². The molecule has 0 aliphatic heterocycles. The molecule has 0 bridgehead atoms. The number of hydrogen-bond acceptors (Lipinski definition) is 6. The van der Waals surface area contributed by atoms with Gasteiger partial charge in [0.05, 0.1) is 0 Å². The average molecular weight is 631 g/mol. The monoisotopic (exact) mass is 630 g/mol. The minimum absolute atomic E-state index is 0.594.